The molecule has 1 heterocycles. The summed E-state index contributed by atoms with van der Waals surface area (Å²) in [6.07, 6.45) is 2.10. The first-order chi connectivity index (χ1) is 5.79. The minimum absolute atomic E-state index is 0.125. The van der Waals surface area contributed by atoms with Gasteiger partial charge in [0.2, 0.25) is 5.88 Å². The van der Waals surface area contributed by atoms with Gasteiger partial charge in [0.1, 0.15) is 12.5 Å². The van der Waals surface area contributed by atoms with Crippen molar-refractivity contribution in [2.24, 2.45) is 0 Å². The summed E-state index contributed by atoms with van der Waals surface area (Å²) in [5.41, 5.74) is 0.268. The van der Waals surface area contributed by atoms with Crippen LogP contribution in [0.25, 0.3) is 0 Å². The van der Waals surface area contributed by atoms with E-state index in [1.807, 2.05) is 0 Å². The second kappa shape index (κ2) is 2.69. The van der Waals surface area contributed by atoms with Crippen molar-refractivity contribution in [3.63, 3.8) is 0 Å². The van der Waals surface area contributed by atoms with Crippen molar-refractivity contribution < 1.29 is 9.50 Å². The molecule has 1 N–H and O–H groups in total. The monoisotopic (exact) mass is 168 g/mol. The Labute approximate surface area is 69.3 Å². The molecule has 1 saturated carbocycles. The van der Waals surface area contributed by atoms with Gasteiger partial charge < -0.3 is 5.11 Å². The quantitative estimate of drug-likeness (QED) is 0.728. The largest absolute Gasteiger partial charge is 0.493 e. The van der Waals surface area contributed by atoms with Crippen molar-refractivity contribution in [2.45, 2.75) is 25.4 Å². The number of aromatic nitrogens is 2. The van der Waals surface area contributed by atoms with Gasteiger partial charge in [-0.05, 0) is 12.8 Å². The van der Waals surface area contributed by atoms with Crippen LogP contribution in [0.1, 0.15) is 30.3 Å². The van der Waals surface area contributed by atoms with Crippen LogP contribution in [0.5, 0.6) is 5.88 Å². The minimum Gasteiger partial charge on any atom is -0.493 e. The zero-order valence-corrected chi connectivity index (χ0v) is 6.50. The van der Waals surface area contributed by atoms with Crippen molar-refractivity contribution in [1.82, 2.24) is 9.97 Å². The molecule has 1 aromatic heterocycles. The normalized spacial score (nSPS) is 16.4. The van der Waals surface area contributed by atoms with Gasteiger partial charge in [-0.2, -0.15) is 4.98 Å². The lowest BCUT2D eigenvalue weighted by atomic mass is 10.3. The molecule has 0 saturated heterocycles. The SMILES string of the molecule is Oc1cc(CF)nc(C2CC2)n1. The first-order valence-electron chi connectivity index (χ1n) is 3.92. The summed E-state index contributed by atoms with van der Waals surface area (Å²) in [6.45, 7) is -0.643. The van der Waals surface area contributed by atoms with E-state index in [0.717, 1.165) is 12.8 Å². The van der Waals surface area contributed by atoms with Crippen LogP contribution in [0.15, 0.2) is 6.07 Å². The molecule has 0 atom stereocenters. The van der Waals surface area contributed by atoms with Gasteiger partial charge in [0.25, 0.3) is 0 Å². The average molecular weight is 168 g/mol. The third-order valence-corrected chi connectivity index (χ3v) is 1.86. The van der Waals surface area contributed by atoms with Gasteiger partial charge in [0, 0.05) is 12.0 Å². The summed E-state index contributed by atoms with van der Waals surface area (Å²) in [6, 6.07) is 1.26. The molecule has 0 aliphatic heterocycles. The van der Waals surface area contributed by atoms with Crippen LogP contribution in [-0.4, -0.2) is 15.1 Å². The summed E-state index contributed by atoms with van der Waals surface area (Å²) in [5, 5.41) is 9.08. The van der Waals surface area contributed by atoms with Gasteiger partial charge in [0.15, 0.2) is 0 Å². The molecule has 0 spiro atoms. The Morgan fingerprint density at radius 2 is 2.25 bits per heavy atom. The zero-order chi connectivity index (χ0) is 8.55. The van der Waals surface area contributed by atoms with E-state index < -0.39 is 6.67 Å². The molecule has 0 radical (unpaired) electrons. The predicted octanol–water partition coefficient (Wildman–Crippen LogP) is 1.53. The second-order valence-corrected chi connectivity index (χ2v) is 2.98. The van der Waals surface area contributed by atoms with E-state index in [1.165, 1.54) is 6.07 Å². The van der Waals surface area contributed by atoms with Crippen LogP contribution >= 0.6 is 0 Å². The van der Waals surface area contributed by atoms with Gasteiger partial charge in [0.05, 0.1) is 5.69 Å². The fraction of sp³-hybridized carbons (Fsp3) is 0.500. The first kappa shape index (κ1) is 7.46. The molecule has 1 aliphatic rings. The first-order valence-corrected chi connectivity index (χ1v) is 3.92. The summed E-state index contributed by atoms with van der Waals surface area (Å²) >= 11 is 0. The summed E-state index contributed by atoms with van der Waals surface area (Å²) in [4.78, 5) is 7.79. The number of hydrogen-bond acceptors (Lipinski definition) is 3. The van der Waals surface area contributed by atoms with Crippen LogP contribution < -0.4 is 0 Å². The molecule has 0 aromatic carbocycles. The summed E-state index contributed by atoms with van der Waals surface area (Å²) in [5.74, 6) is 0.810. The van der Waals surface area contributed by atoms with Gasteiger partial charge in [-0.1, -0.05) is 0 Å². The average Bonchev–Trinajstić information content (AvgIpc) is 2.85. The highest BCUT2D eigenvalue weighted by atomic mass is 19.1. The third kappa shape index (κ3) is 1.37. The van der Waals surface area contributed by atoms with Gasteiger partial charge in [-0.3, -0.25) is 0 Å². The highest BCUT2D eigenvalue weighted by molar-refractivity contribution is 5.18. The van der Waals surface area contributed by atoms with Crippen molar-refractivity contribution in [3.05, 3.63) is 17.6 Å². The highest BCUT2D eigenvalue weighted by Crippen LogP contribution is 2.38. The molecular formula is C8H9FN2O. The van der Waals surface area contributed by atoms with Crippen LogP contribution in [0.2, 0.25) is 0 Å². The van der Waals surface area contributed by atoms with E-state index in [9.17, 15) is 4.39 Å². The zero-order valence-electron chi connectivity index (χ0n) is 6.50. The maximum atomic E-state index is 12.2. The number of hydrogen-bond donors (Lipinski definition) is 1. The van der Waals surface area contributed by atoms with Crippen molar-refractivity contribution in [3.8, 4) is 5.88 Å². The summed E-state index contributed by atoms with van der Waals surface area (Å²) in [7, 11) is 0. The molecule has 64 valence electrons. The predicted molar refractivity (Wildman–Crippen MR) is 40.5 cm³/mol. The molecule has 0 unspecified atom stereocenters. The number of rotatable bonds is 2. The fourth-order valence-corrected chi connectivity index (χ4v) is 1.10. The highest BCUT2D eigenvalue weighted by Gasteiger charge is 2.27. The topological polar surface area (TPSA) is 46.0 Å². The molecule has 12 heavy (non-hydrogen) atoms. The number of halogens is 1. The van der Waals surface area contributed by atoms with E-state index in [2.05, 4.69) is 9.97 Å². The third-order valence-electron chi connectivity index (χ3n) is 1.86. The molecular weight excluding hydrogens is 159 g/mol. The Bertz CT molecular complexity index is 299. The summed E-state index contributed by atoms with van der Waals surface area (Å²) < 4.78 is 12.2. The molecule has 1 fully saturated rings. The Morgan fingerprint density at radius 1 is 1.50 bits per heavy atom. The van der Waals surface area contributed by atoms with E-state index >= 15 is 0 Å². The Hall–Kier alpha value is -1.19. The number of aromatic hydroxyl groups is 1. The lowest BCUT2D eigenvalue weighted by molar-refractivity contribution is 0.435. The van der Waals surface area contributed by atoms with E-state index in [-0.39, 0.29) is 11.6 Å². The Balaban J connectivity index is 2.34. The lowest BCUT2D eigenvalue weighted by Crippen LogP contribution is -1.96. The Kier molecular flexibility index (Phi) is 1.67. The standard InChI is InChI=1S/C8H9FN2O/c9-4-6-3-7(12)11-8(10-6)5-1-2-5/h3,5H,1-2,4H2,(H,10,11,12). The van der Waals surface area contributed by atoms with Gasteiger partial charge in [-0.15, -0.1) is 0 Å². The molecule has 4 heteroatoms. The Morgan fingerprint density at radius 3 is 2.83 bits per heavy atom. The lowest BCUT2D eigenvalue weighted by Gasteiger charge is -1.99. The van der Waals surface area contributed by atoms with Crippen LogP contribution in [0, 0.1) is 0 Å². The van der Waals surface area contributed by atoms with E-state index in [1.54, 1.807) is 0 Å². The molecule has 0 bridgehead atoms. The minimum atomic E-state index is -0.643. The fourth-order valence-electron chi connectivity index (χ4n) is 1.10. The smallest absolute Gasteiger partial charge is 0.214 e. The molecule has 0 amide bonds. The van der Waals surface area contributed by atoms with E-state index in [0.29, 0.717) is 11.7 Å². The molecule has 1 aromatic rings. The molecule has 1 aliphatic carbocycles. The molecule has 2 rings (SSSR count). The molecule has 3 nitrogen and oxygen atoms in total. The van der Waals surface area contributed by atoms with E-state index in [4.69, 9.17) is 5.11 Å². The maximum Gasteiger partial charge on any atom is 0.214 e. The second-order valence-electron chi connectivity index (χ2n) is 2.98. The van der Waals surface area contributed by atoms with Crippen LogP contribution in [0.4, 0.5) is 4.39 Å². The van der Waals surface area contributed by atoms with Crippen molar-refractivity contribution in [2.75, 3.05) is 0 Å². The number of nitrogens with zero attached hydrogens (tertiary/aromatic N) is 2. The van der Waals surface area contributed by atoms with Crippen LogP contribution in [0.3, 0.4) is 0 Å². The number of alkyl halides is 1. The van der Waals surface area contributed by atoms with Crippen molar-refractivity contribution in [1.29, 1.82) is 0 Å². The van der Waals surface area contributed by atoms with Crippen LogP contribution in [-0.2, 0) is 6.67 Å². The van der Waals surface area contributed by atoms with Gasteiger partial charge in [-0.25, -0.2) is 9.37 Å². The van der Waals surface area contributed by atoms with Crippen molar-refractivity contribution >= 4 is 0 Å². The maximum absolute atomic E-state index is 12.2. The van der Waals surface area contributed by atoms with Gasteiger partial charge >= 0.3 is 0 Å².